The van der Waals surface area contributed by atoms with Gasteiger partial charge in [0.05, 0.1) is 0 Å². The summed E-state index contributed by atoms with van der Waals surface area (Å²) in [4.78, 5) is 11.7. The van der Waals surface area contributed by atoms with Crippen molar-refractivity contribution in [3.8, 4) is 0 Å². The third-order valence-electron chi connectivity index (χ3n) is 3.65. The molecule has 0 saturated carbocycles. The minimum absolute atomic E-state index is 0.176. The second-order valence-electron chi connectivity index (χ2n) is 5.29. The first kappa shape index (κ1) is 14.1. The molecule has 0 atom stereocenters. The van der Waals surface area contributed by atoms with Crippen LogP contribution < -0.4 is 10.6 Å². The van der Waals surface area contributed by atoms with Gasteiger partial charge < -0.3 is 10.6 Å². The van der Waals surface area contributed by atoms with Gasteiger partial charge in [-0.3, -0.25) is 4.79 Å². The van der Waals surface area contributed by atoms with Crippen LogP contribution in [0.2, 0.25) is 0 Å². The zero-order valence-corrected chi connectivity index (χ0v) is 11.8. The first-order valence-electron chi connectivity index (χ1n) is 7.37. The number of fused-ring (bicyclic) bond motifs is 1. The van der Waals surface area contributed by atoms with Crippen molar-refractivity contribution in [1.82, 2.24) is 10.6 Å². The molecule has 104 valence electrons. The van der Waals surface area contributed by atoms with Gasteiger partial charge in [-0.15, -0.1) is 0 Å². The van der Waals surface area contributed by atoms with Gasteiger partial charge in [0.2, 0.25) is 5.91 Å². The highest BCUT2D eigenvalue weighted by molar-refractivity contribution is 5.75. The number of carbonyl (C=O) groups excluding carboxylic acids is 1. The van der Waals surface area contributed by atoms with E-state index >= 15 is 0 Å². The summed E-state index contributed by atoms with van der Waals surface area (Å²) in [6.07, 6.45) is 5.27. The number of nitrogens with one attached hydrogen (secondary N) is 2. The summed E-state index contributed by atoms with van der Waals surface area (Å²) < 4.78 is 0. The number of hydrogen-bond acceptors (Lipinski definition) is 2. The molecule has 1 heterocycles. The third-order valence-corrected chi connectivity index (χ3v) is 3.65. The number of hydrogen-bond donors (Lipinski definition) is 2. The van der Waals surface area contributed by atoms with Crippen LogP contribution in [0.5, 0.6) is 0 Å². The predicted molar refractivity (Wildman–Crippen MR) is 77.6 cm³/mol. The Hall–Kier alpha value is -1.35. The molecule has 0 bridgehead atoms. The van der Waals surface area contributed by atoms with Crippen molar-refractivity contribution in [1.29, 1.82) is 0 Å². The second kappa shape index (κ2) is 7.29. The van der Waals surface area contributed by atoms with Crippen LogP contribution in [-0.4, -0.2) is 5.91 Å². The summed E-state index contributed by atoms with van der Waals surface area (Å²) in [5.74, 6) is 0.176. The molecule has 0 unspecified atom stereocenters. The highest BCUT2D eigenvalue weighted by atomic mass is 16.1. The molecule has 0 saturated heterocycles. The maximum absolute atomic E-state index is 11.7. The lowest BCUT2D eigenvalue weighted by Gasteiger charge is -2.07. The Morgan fingerprint density at radius 2 is 2.05 bits per heavy atom. The van der Waals surface area contributed by atoms with E-state index in [2.05, 4.69) is 35.8 Å². The van der Waals surface area contributed by atoms with Gasteiger partial charge in [-0.2, -0.15) is 0 Å². The molecule has 2 rings (SSSR count). The molecule has 1 aromatic rings. The lowest BCUT2D eigenvalue weighted by Crippen LogP contribution is -2.22. The van der Waals surface area contributed by atoms with E-state index in [0.717, 1.165) is 25.9 Å². The average Bonchev–Trinajstić information content (AvgIpc) is 2.89. The van der Waals surface area contributed by atoms with Crippen LogP contribution in [0.25, 0.3) is 0 Å². The van der Waals surface area contributed by atoms with E-state index in [-0.39, 0.29) is 5.91 Å². The van der Waals surface area contributed by atoms with Crippen LogP contribution in [0.1, 0.15) is 55.7 Å². The van der Waals surface area contributed by atoms with E-state index in [9.17, 15) is 4.79 Å². The topological polar surface area (TPSA) is 41.1 Å². The van der Waals surface area contributed by atoms with Gasteiger partial charge in [-0.25, -0.2) is 0 Å². The van der Waals surface area contributed by atoms with Crippen LogP contribution >= 0.6 is 0 Å². The fourth-order valence-electron chi connectivity index (χ4n) is 2.46. The number of rotatable bonds is 7. The van der Waals surface area contributed by atoms with Crippen molar-refractivity contribution in [2.24, 2.45) is 0 Å². The normalized spacial score (nSPS) is 13.3. The van der Waals surface area contributed by atoms with Crippen LogP contribution in [0.3, 0.4) is 0 Å². The molecule has 0 fully saturated rings. The molecule has 3 nitrogen and oxygen atoms in total. The molecule has 0 aliphatic carbocycles. The molecule has 3 heteroatoms. The number of amides is 1. The quantitative estimate of drug-likeness (QED) is 0.740. The molecule has 1 amide bonds. The molecule has 1 aromatic carbocycles. The zero-order valence-electron chi connectivity index (χ0n) is 11.8. The van der Waals surface area contributed by atoms with Gasteiger partial charge in [0.15, 0.2) is 0 Å². The molecule has 0 spiro atoms. The summed E-state index contributed by atoms with van der Waals surface area (Å²) >= 11 is 0. The first-order valence-corrected chi connectivity index (χ1v) is 7.37. The lowest BCUT2D eigenvalue weighted by atomic mass is 10.1. The van der Waals surface area contributed by atoms with Gasteiger partial charge >= 0.3 is 0 Å². The van der Waals surface area contributed by atoms with Crippen LogP contribution in [-0.2, 0) is 24.4 Å². The summed E-state index contributed by atoms with van der Waals surface area (Å²) in [5.41, 5.74) is 3.95. The highest BCUT2D eigenvalue weighted by Crippen LogP contribution is 2.16. The average molecular weight is 260 g/mol. The maximum atomic E-state index is 11.7. The summed E-state index contributed by atoms with van der Waals surface area (Å²) in [6, 6.07) is 6.48. The second-order valence-corrected chi connectivity index (χ2v) is 5.29. The van der Waals surface area contributed by atoms with Crippen LogP contribution in [0.15, 0.2) is 18.2 Å². The smallest absolute Gasteiger partial charge is 0.220 e. The highest BCUT2D eigenvalue weighted by Gasteiger charge is 2.10. The molecular formula is C16H24N2O. The number of unbranched alkanes of at least 4 members (excludes halogenated alkanes) is 3. The summed E-state index contributed by atoms with van der Waals surface area (Å²) in [6.45, 7) is 4.76. The van der Waals surface area contributed by atoms with E-state index in [4.69, 9.17) is 0 Å². The van der Waals surface area contributed by atoms with E-state index in [1.54, 1.807) is 0 Å². The predicted octanol–water partition coefficient (Wildman–Crippen LogP) is 2.88. The Morgan fingerprint density at radius 3 is 2.89 bits per heavy atom. The Balaban J connectivity index is 1.71. The van der Waals surface area contributed by atoms with E-state index in [0.29, 0.717) is 13.0 Å². The molecule has 19 heavy (non-hydrogen) atoms. The Morgan fingerprint density at radius 1 is 1.21 bits per heavy atom. The van der Waals surface area contributed by atoms with Crippen molar-refractivity contribution in [2.75, 3.05) is 0 Å². The Bertz CT molecular complexity index is 429. The molecule has 1 aliphatic heterocycles. The zero-order chi connectivity index (χ0) is 13.5. The molecule has 0 radical (unpaired) electrons. The standard InChI is InChI=1S/C16H24N2O/c1-2-3-4-5-6-16(19)18-10-13-7-8-14-11-17-12-15(14)9-13/h7-9,17H,2-6,10-12H2,1H3,(H,18,19). The first-order chi connectivity index (χ1) is 9.29. The van der Waals surface area contributed by atoms with Gasteiger partial charge in [0.1, 0.15) is 0 Å². The molecule has 0 aromatic heterocycles. The van der Waals surface area contributed by atoms with Gasteiger partial charge in [-0.05, 0) is 23.1 Å². The number of carbonyl (C=O) groups is 1. The van der Waals surface area contributed by atoms with Crippen molar-refractivity contribution in [3.63, 3.8) is 0 Å². The molecule has 2 N–H and O–H groups in total. The van der Waals surface area contributed by atoms with Crippen molar-refractivity contribution in [2.45, 2.75) is 58.7 Å². The Kier molecular flexibility index (Phi) is 5.40. The minimum Gasteiger partial charge on any atom is -0.352 e. The molecular weight excluding hydrogens is 236 g/mol. The fourth-order valence-corrected chi connectivity index (χ4v) is 2.46. The molecule has 1 aliphatic rings. The Labute approximate surface area is 115 Å². The van der Waals surface area contributed by atoms with Gasteiger partial charge in [0, 0.05) is 26.1 Å². The fraction of sp³-hybridized carbons (Fsp3) is 0.562. The van der Waals surface area contributed by atoms with Gasteiger partial charge in [0.25, 0.3) is 0 Å². The largest absolute Gasteiger partial charge is 0.352 e. The SMILES string of the molecule is CCCCCCC(=O)NCc1ccc2c(c1)CNC2. The monoisotopic (exact) mass is 260 g/mol. The summed E-state index contributed by atoms with van der Waals surface area (Å²) in [7, 11) is 0. The van der Waals surface area contributed by atoms with E-state index in [1.807, 2.05) is 0 Å². The van der Waals surface area contributed by atoms with Gasteiger partial charge in [-0.1, -0.05) is 44.4 Å². The minimum atomic E-state index is 0.176. The van der Waals surface area contributed by atoms with Crippen molar-refractivity contribution >= 4 is 5.91 Å². The van der Waals surface area contributed by atoms with E-state index in [1.165, 1.54) is 29.5 Å². The lowest BCUT2D eigenvalue weighted by molar-refractivity contribution is -0.121. The number of benzene rings is 1. The third kappa shape index (κ3) is 4.35. The van der Waals surface area contributed by atoms with E-state index < -0.39 is 0 Å². The van der Waals surface area contributed by atoms with Crippen LogP contribution in [0.4, 0.5) is 0 Å². The van der Waals surface area contributed by atoms with Crippen LogP contribution in [0, 0.1) is 0 Å². The summed E-state index contributed by atoms with van der Waals surface area (Å²) in [5, 5.41) is 6.34. The van der Waals surface area contributed by atoms with Crippen molar-refractivity contribution in [3.05, 3.63) is 34.9 Å². The maximum Gasteiger partial charge on any atom is 0.220 e. The van der Waals surface area contributed by atoms with Crippen molar-refractivity contribution < 1.29 is 4.79 Å².